The number of alkyl halides is 3. The molecule has 10 heteroatoms. The molecule has 0 aliphatic heterocycles. The molecule has 1 aromatic carbocycles. The third-order valence-electron chi connectivity index (χ3n) is 3.24. The standard InChI is InChI=1S/C15H11F3N4O2S/c1-8(13-19-6-7-25-13)20-12(23)10-4-2-9(3-5-10)11-21-14(24-22-11)15(16,17)18/h2-8H,1H3,(H,20,23). The van der Waals surface area contributed by atoms with Gasteiger partial charge in [-0.2, -0.15) is 18.2 Å². The van der Waals surface area contributed by atoms with Crippen molar-refractivity contribution in [2.24, 2.45) is 0 Å². The zero-order valence-electron chi connectivity index (χ0n) is 12.7. The molecule has 2 heterocycles. The fourth-order valence-electron chi connectivity index (χ4n) is 2.02. The molecule has 0 saturated carbocycles. The van der Waals surface area contributed by atoms with E-state index in [1.807, 2.05) is 12.3 Å². The summed E-state index contributed by atoms with van der Waals surface area (Å²) in [5.41, 5.74) is 0.662. The molecule has 130 valence electrons. The van der Waals surface area contributed by atoms with Crippen LogP contribution in [0.15, 0.2) is 40.4 Å². The maximum absolute atomic E-state index is 12.5. The minimum Gasteiger partial charge on any atom is -0.343 e. The molecule has 0 saturated heterocycles. The van der Waals surface area contributed by atoms with E-state index in [0.29, 0.717) is 11.1 Å². The zero-order chi connectivity index (χ0) is 18.0. The molecule has 1 unspecified atom stereocenters. The molecule has 0 aliphatic rings. The molecule has 1 atom stereocenters. The number of benzene rings is 1. The summed E-state index contributed by atoms with van der Waals surface area (Å²) >= 11 is 1.43. The Morgan fingerprint density at radius 3 is 2.56 bits per heavy atom. The molecular formula is C15H11F3N4O2S. The van der Waals surface area contributed by atoms with Crippen LogP contribution in [0.4, 0.5) is 13.2 Å². The number of carbonyl (C=O) groups is 1. The molecule has 6 nitrogen and oxygen atoms in total. The first kappa shape index (κ1) is 17.1. The molecule has 3 rings (SSSR count). The van der Waals surface area contributed by atoms with Gasteiger partial charge in [0.1, 0.15) is 5.01 Å². The van der Waals surface area contributed by atoms with Crippen molar-refractivity contribution >= 4 is 17.2 Å². The highest BCUT2D eigenvalue weighted by molar-refractivity contribution is 7.09. The molecule has 0 radical (unpaired) electrons. The van der Waals surface area contributed by atoms with Gasteiger partial charge in [0.25, 0.3) is 5.91 Å². The smallest absolute Gasteiger partial charge is 0.343 e. The predicted molar refractivity (Wildman–Crippen MR) is 82.7 cm³/mol. The third kappa shape index (κ3) is 3.85. The van der Waals surface area contributed by atoms with Crippen molar-refractivity contribution < 1.29 is 22.5 Å². The van der Waals surface area contributed by atoms with Crippen LogP contribution >= 0.6 is 11.3 Å². The number of nitrogens with one attached hydrogen (secondary N) is 1. The van der Waals surface area contributed by atoms with Crippen molar-refractivity contribution in [1.29, 1.82) is 0 Å². The number of hydrogen-bond donors (Lipinski definition) is 1. The monoisotopic (exact) mass is 368 g/mol. The quantitative estimate of drug-likeness (QED) is 0.759. The van der Waals surface area contributed by atoms with Gasteiger partial charge < -0.3 is 9.84 Å². The van der Waals surface area contributed by atoms with Crippen LogP contribution in [0, 0.1) is 0 Å². The van der Waals surface area contributed by atoms with Crippen molar-refractivity contribution in [2.45, 2.75) is 19.1 Å². The molecule has 25 heavy (non-hydrogen) atoms. The van der Waals surface area contributed by atoms with Gasteiger partial charge in [0.2, 0.25) is 5.82 Å². The summed E-state index contributed by atoms with van der Waals surface area (Å²) in [5.74, 6) is -1.93. The third-order valence-corrected chi connectivity index (χ3v) is 4.20. The number of hydrogen-bond acceptors (Lipinski definition) is 6. The molecule has 3 aromatic rings. The van der Waals surface area contributed by atoms with Gasteiger partial charge in [0.05, 0.1) is 6.04 Å². The number of thiazole rings is 1. The van der Waals surface area contributed by atoms with Crippen molar-refractivity contribution in [3.05, 3.63) is 52.3 Å². The van der Waals surface area contributed by atoms with E-state index in [2.05, 4.69) is 25.0 Å². The summed E-state index contributed by atoms with van der Waals surface area (Å²) in [7, 11) is 0. The van der Waals surface area contributed by atoms with Gasteiger partial charge in [-0.25, -0.2) is 4.98 Å². The Kier molecular flexibility index (Phi) is 4.53. The van der Waals surface area contributed by atoms with E-state index >= 15 is 0 Å². The summed E-state index contributed by atoms with van der Waals surface area (Å²) in [6, 6.07) is 5.60. The second-order valence-electron chi connectivity index (χ2n) is 5.06. The van der Waals surface area contributed by atoms with Gasteiger partial charge in [-0.05, 0) is 19.1 Å². The minimum absolute atomic E-state index is 0.199. The lowest BCUT2D eigenvalue weighted by Crippen LogP contribution is -2.26. The van der Waals surface area contributed by atoms with Crippen molar-refractivity contribution in [3.8, 4) is 11.4 Å². The second-order valence-corrected chi connectivity index (χ2v) is 5.99. The van der Waals surface area contributed by atoms with Crippen LogP contribution < -0.4 is 5.32 Å². The molecule has 1 amide bonds. The fourth-order valence-corrected chi connectivity index (χ4v) is 2.66. The summed E-state index contributed by atoms with van der Waals surface area (Å²) < 4.78 is 41.6. The number of rotatable bonds is 4. The molecule has 2 aromatic heterocycles. The van der Waals surface area contributed by atoms with Crippen molar-refractivity contribution in [2.75, 3.05) is 0 Å². The van der Waals surface area contributed by atoms with E-state index in [-0.39, 0.29) is 17.8 Å². The Balaban J connectivity index is 1.71. The van der Waals surface area contributed by atoms with E-state index < -0.39 is 12.1 Å². The number of aromatic nitrogens is 3. The molecule has 0 aliphatic carbocycles. The zero-order valence-corrected chi connectivity index (χ0v) is 13.6. The van der Waals surface area contributed by atoms with Gasteiger partial charge in [-0.1, -0.05) is 17.3 Å². The van der Waals surface area contributed by atoms with Crippen LogP contribution in [0.1, 0.15) is 34.2 Å². The first-order chi connectivity index (χ1) is 11.8. The SMILES string of the molecule is CC(NC(=O)c1ccc(-c2noc(C(F)(F)F)n2)cc1)c1nccs1. The maximum atomic E-state index is 12.5. The molecule has 1 N–H and O–H groups in total. The van der Waals surface area contributed by atoms with Gasteiger partial charge in [-0.15, -0.1) is 11.3 Å². The number of halogens is 3. The summed E-state index contributed by atoms with van der Waals surface area (Å²) in [6.07, 6.45) is -3.05. The lowest BCUT2D eigenvalue weighted by molar-refractivity contribution is -0.159. The first-order valence-corrected chi connectivity index (χ1v) is 7.94. The Morgan fingerprint density at radius 1 is 1.28 bits per heavy atom. The highest BCUT2D eigenvalue weighted by atomic mass is 32.1. The lowest BCUT2D eigenvalue weighted by Gasteiger charge is -2.11. The lowest BCUT2D eigenvalue weighted by atomic mass is 10.1. The van der Waals surface area contributed by atoms with Crippen LogP contribution in [0.3, 0.4) is 0 Å². The summed E-state index contributed by atoms with van der Waals surface area (Å²) in [5, 5.41) is 8.68. The van der Waals surface area contributed by atoms with Crippen LogP contribution in [-0.4, -0.2) is 21.0 Å². The topological polar surface area (TPSA) is 80.9 Å². The number of amides is 1. The Hall–Kier alpha value is -2.75. The fraction of sp³-hybridized carbons (Fsp3) is 0.200. The van der Waals surface area contributed by atoms with E-state index in [1.165, 1.54) is 35.6 Å². The highest BCUT2D eigenvalue weighted by Gasteiger charge is 2.38. The van der Waals surface area contributed by atoms with Crippen LogP contribution in [-0.2, 0) is 6.18 Å². The highest BCUT2D eigenvalue weighted by Crippen LogP contribution is 2.29. The van der Waals surface area contributed by atoms with Gasteiger partial charge in [0, 0.05) is 22.7 Å². The second kappa shape index (κ2) is 6.63. The largest absolute Gasteiger partial charge is 0.471 e. The van der Waals surface area contributed by atoms with Crippen molar-refractivity contribution in [1.82, 2.24) is 20.4 Å². The van der Waals surface area contributed by atoms with Crippen LogP contribution in [0.25, 0.3) is 11.4 Å². The molecule has 0 bridgehead atoms. The van der Waals surface area contributed by atoms with E-state index in [0.717, 1.165) is 5.01 Å². The molecular weight excluding hydrogens is 357 g/mol. The van der Waals surface area contributed by atoms with Crippen LogP contribution in [0.2, 0.25) is 0 Å². The summed E-state index contributed by atoms with van der Waals surface area (Å²) in [4.78, 5) is 19.6. The predicted octanol–water partition coefficient (Wildman–Crippen LogP) is 3.70. The van der Waals surface area contributed by atoms with Gasteiger partial charge in [0.15, 0.2) is 0 Å². The van der Waals surface area contributed by atoms with E-state index in [9.17, 15) is 18.0 Å². The van der Waals surface area contributed by atoms with E-state index in [4.69, 9.17) is 0 Å². The normalized spacial score (nSPS) is 12.8. The van der Waals surface area contributed by atoms with E-state index in [1.54, 1.807) is 6.20 Å². The first-order valence-electron chi connectivity index (χ1n) is 7.06. The molecule has 0 spiro atoms. The van der Waals surface area contributed by atoms with Crippen LogP contribution in [0.5, 0.6) is 0 Å². The number of nitrogens with zero attached hydrogens (tertiary/aromatic N) is 3. The van der Waals surface area contributed by atoms with Crippen molar-refractivity contribution in [3.63, 3.8) is 0 Å². The average molecular weight is 368 g/mol. The van der Waals surface area contributed by atoms with Gasteiger partial charge in [-0.3, -0.25) is 4.79 Å². The minimum atomic E-state index is -4.70. The summed E-state index contributed by atoms with van der Waals surface area (Å²) in [6.45, 7) is 1.81. The Bertz CT molecular complexity index is 860. The maximum Gasteiger partial charge on any atom is 0.471 e. The average Bonchev–Trinajstić information content (AvgIpc) is 3.26. The van der Waals surface area contributed by atoms with Gasteiger partial charge >= 0.3 is 12.1 Å². The Labute approximate surface area is 143 Å². The number of carbonyl (C=O) groups excluding carboxylic acids is 1. The Morgan fingerprint density at radius 2 is 2.00 bits per heavy atom. The molecule has 0 fully saturated rings.